The summed E-state index contributed by atoms with van der Waals surface area (Å²) in [7, 11) is 0. The number of hydrazine groups is 1. The molecule has 128 valence electrons. The maximum absolute atomic E-state index is 9.08. The summed E-state index contributed by atoms with van der Waals surface area (Å²) in [5.41, 5.74) is 2.99. The van der Waals surface area contributed by atoms with Crippen molar-refractivity contribution in [3.63, 3.8) is 0 Å². The Morgan fingerprint density at radius 1 is 1.38 bits per heavy atom. The van der Waals surface area contributed by atoms with Gasteiger partial charge in [-0.3, -0.25) is 4.98 Å². The maximum Gasteiger partial charge on any atom is 0.155 e. The monoisotopic (exact) mass is 369 g/mol. The van der Waals surface area contributed by atoms with Crippen LogP contribution in [-0.2, 0) is 0 Å². The van der Waals surface area contributed by atoms with Gasteiger partial charge in [0.1, 0.15) is 30.1 Å². The number of nitrogens with two attached hydrogens (primary N) is 1. The molecular formula is C14H17Cl2N7O. The molecule has 0 spiro atoms. The molecule has 1 atom stereocenters. The highest BCUT2D eigenvalue weighted by atomic mass is 35.5. The van der Waals surface area contributed by atoms with Crippen LogP contribution in [-0.4, -0.2) is 34.1 Å². The van der Waals surface area contributed by atoms with Crippen molar-refractivity contribution < 1.29 is 4.74 Å². The number of pyridine rings is 1. The number of nitrogen functional groups attached to an aromatic ring is 1. The number of nitrogens with one attached hydrogen (secondary N) is 1. The molecule has 0 radical (unpaired) electrons. The molecule has 2 aromatic heterocycles. The minimum Gasteiger partial charge on any atom is -0.485 e. The van der Waals surface area contributed by atoms with Crippen LogP contribution < -0.4 is 20.9 Å². The molecule has 3 heterocycles. The van der Waals surface area contributed by atoms with Crippen LogP contribution in [0, 0.1) is 11.3 Å². The molecule has 1 aliphatic rings. The fraction of sp³-hybridized carbons (Fsp3) is 0.286. The molecule has 1 aliphatic heterocycles. The molecule has 0 bridgehead atoms. The SMILES string of the molecule is Cl.Cl.N#Cc1ccncc1O[C@H]1CCN(c2cc(NN)ncn2)C1. The van der Waals surface area contributed by atoms with Gasteiger partial charge in [0, 0.05) is 25.2 Å². The van der Waals surface area contributed by atoms with Crippen molar-refractivity contribution in [2.75, 3.05) is 23.4 Å². The Labute approximate surface area is 151 Å². The van der Waals surface area contributed by atoms with Gasteiger partial charge in [0.05, 0.1) is 18.3 Å². The van der Waals surface area contributed by atoms with E-state index in [-0.39, 0.29) is 30.9 Å². The third kappa shape index (κ3) is 4.35. The van der Waals surface area contributed by atoms with Crippen LogP contribution >= 0.6 is 24.8 Å². The third-order valence-corrected chi connectivity index (χ3v) is 3.47. The number of nitriles is 1. The van der Waals surface area contributed by atoms with Crippen LogP contribution in [0.15, 0.2) is 30.9 Å². The number of anilines is 2. The fourth-order valence-electron chi connectivity index (χ4n) is 2.38. The molecule has 0 unspecified atom stereocenters. The van der Waals surface area contributed by atoms with E-state index in [0.717, 1.165) is 18.8 Å². The largest absolute Gasteiger partial charge is 0.485 e. The first kappa shape index (κ1) is 19.7. The number of rotatable bonds is 4. The van der Waals surface area contributed by atoms with Crippen LogP contribution in [0.5, 0.6) is 5.75 Å². The number of nitrogens with zero attached hydrogens (tertiary/aromatic N) is 5. The van der Waals surface area contributed by atoms with Crippen LogP contribution in [0.1, 0.15) is 12.0 Å². The van der Waals surface area contributed by atoms with Crippen LogP contribution in [0.4, 0.5) is 11.6 Å². The first-order valence-corrected chi connectivity index (χ1v) is 6.84. The van der Waals surface area contributed by atoms with Gasteiger partial charge in [0.25, 0.3) is 0 Å². The Bertz CT molecular complexity index is 710. The molecule has 2 aromatic rings. The second kappa shape index (κ2) is 9.08. The second-order valence-electron chi connectivity index (χ2n) is 4.86. The van der Waals surface area contributed by atoms with E-state index >= 15 is 0 Å². The van der Waals surface area contributed by atoms with Gasteiger partial charge < -0.3 is 15.1 Å². The first-order chi connectivity index (χ1) is 10.8. The Kier molecular flexibility index (Phi) is 7.45. The quantitative estimate of drug-likeness (QED) is 0.615. The lowest BCUT2D eigenvalue weighted by molar-refractivity contribution is 0.223. The average Bonchev–Trinajstić information content (AvgIpc) is 3.04. The standard InChI is InChI=1S/C14H15N7O.2ClH/c15-6-10-1-3-17-7-12(10)22-11-2-4-21(8-11)14-5-13(20-16)18-9-19-14;;/h1,3,5,7,9,11H,2,4,8,16H2,(H,18,19,20);2*1H/t11-;;/m0../s1. The fourth-order valence-corrected chi connectivity index (χ4v) is 2.38. The summed E-state index contributed by atoms with van der Waals surface area (Å²) in [4.78, 5) is 14.3. The van der Waals surface area contributed by atoms with Crippen LogP contribution in [0.2, 0.25) is 0 Å². The van der Waals surface area contributed by atoms with Crippen molar-refractivity contribution >= 4 is 36.4 Å². The zero-order chi connectivity index (χ0) is 15.4. The van der Waals surface area contributed by atoms with Crippen molar-refractivity contribution in [3.8, 4) is 11.8 Å². The van der Waals surface area contributed by atoms with Gasteiger partial charge >= 0.3 is 0 Å². The predicted molar refractivity (Wildman–Crippen MR) is 94.5 cm³/mol. The highest BCUT2D eigenvalue weighted by Crippen LogP contribution is 2.24. The van der Waals surface area contributed by atoms with E-state index in [4.69, 9.17) is 15.8 Å². The van der Waals surface area contributed by atoms with Crippen molar-refractivity contribution in [3.05, 3.63) is 36.4 Å². The lowest BCUT2D eigenvalue weighted by atomic mass is 10.2. The van der Waals surface area contributed by atoms with Gasteiger partial charge in [-0.15, -0.1) is 24.8 Å². The minimum absolute atomic E-state index is 0. The average molecular weight is 370 g/mol. The van der Waals surface area contributed by atoms with Gasteiger partial charge in [-0.05, 0) is 6.07 Å². The summed E-state index contributed by atoms with van der Waals surface area (Å²) in [6, 6.07) is 5.54. The zero-order valence-corrected chi connectivity index (χ0v) is 14.3. The molecule has 10 heteroatoms. The van der Waals surface area contributed by atoms with E-state index in [1.807, 2.05) is 0 Å². The van der Waals surface area contributed by atoms with Crippen LogP contribution in [0.25, 0.3) is 0 Å². The number of ether oxygens (including phenoxy) is 1. The van der Waals surface area contributed by atoms with Crippen molar-refractivity contribution in [1.82, 2.24) is 15.0 Å². The summed E-state index contributed by atoms with van der Waals surface area (Å²) in [6.45, 7) is 1.49. The van der Waals surface area contributed by atoms with E-state index in [1.165, 1.54) is 6.33 Å². The Balaban J connectivity index is 0.00000144. The smallest absolute Gasteiger partial charge is 0.155 e. The topological polar surface area (TPSA) is 113 Å². The Morgan fingerprint density at radius 3 is 2.96 bits per heavy atom. The summed E-state index contributed by atoms with van der Waals surface area (Å²) < 4.78 is 5.90. The van der Waals surface area contributed by atoms with Gasteiger partial charge in [-0.1, -0.05) is 0 Å². The third-order valence-electron chi connectivity index (χ3n) is 3.47. The molecule has 0 aromatic carbocycles. The number of hydrogen-bond acceptors (Lipinski definition) is 8. The van der Waals surface area contributed by atoms with Crippen molar-refractivity contribution in [2.24, 2.45) is 5.84 Å². The highest BCUT2D eigenvalue weighted by Gasteiger charge is 2.26. The lowest BCUT2D eigenvalue weighted by Crippen LogP contribution is -2.25. The molecule has 0 aliphatic carbocycles. The Hall–Kier alpha value is -2.34. The maximum atomic E-state index is 9.08. The molecule has 8 nitrogen and oxygen atoms in total. The van der Waals surface area contributed by atoms with Crippen molar-refractivity contribution in [1.29, 1.82) is 5.26 Å². The molecule has 0 saturated carbocycles. The van der Waals surface area contributed by atoms with Gasteiger partial charge in [-0.25, -0.2) is 15.8 Å². The number of hydrogen-bond donors (Lipinski definition) is 2. The molecule has 1 saturated heterocycles. The molecule has 24 heavy (non-hydrogen) atoms. The minimum atomic E-state index is -0.0134. The molecular weight excluding hydrogens is 353 g/mol. The normalized spacial score (nSPS) is 15.7. The van der Waals surface area contributed by atoms with Crippen LogP contribution in [0.3, 0.4) is 0 Å². The molecule has 3 rings (SSSR count). The summed E-state index contributed by atoms with van der Waals surface area (Å²) in [5.74, 6) is 7.23. The zero-order valence-electron chi connectivity index (χ0n) is 12.6. The van der Waals surface area contributed by atoms with E-state index in [0.29, 0.717) is 23.7 Å². The van der Waals surface area contributed by atoms with E-state index < -0.39 is 0 Å². The number of halogens is 2. The first-order valence-electron chi connectivity index (χ1n) is 6.84. The van der Waals surface area contributed by atoms with Crippen molar-refractivity contribution in [2.45, 2.75) is 12.5 Å². The summed E-state index contributed by atoms with van der Waals surface area (Å²) in [6.07, 6.45) is 5.44. The van der Waals surface area contributed by atoms with E-state index in [9.17, 15) is 0 Å². The van der Waals surface area contributed by atoms with Gasteiger partial charge in [0.2, 0.25) is 0 Å². The van der Waals surface area contributed by atoms with E-state index in [1.54, 1.807) is 24.5 Å². The van der Waals surface area contributed by atoms with E-state index in [2.05, 4.69) is 31.3 Å². The molecule has 0 amide bonds. The molecule has 3 N–H and O–H groups in total. The summed E-state index contributed by atoms with van der Waals surface area (Å²) in [5, 5.41) is 9.08. The highest BCUT2D eigenvalue weighted by molar-refractivity contribution is 5.85. The van der Waals surface area contributed by atoms with Gasteiger partial charge in [0.15, 0.2) is 5.75 Å². The van der Waals surface area contributed by atoms with Gasteiger partial charge in [-0.2, -0.15) is 5.26 Å². The summed E-state index contributed by atoms with van der Waals surface area (Å²) >= 11 is 0. The lowest BCUT2D eigenvalue weighted by Gasteiger charge is -2.18. The number of aromatic nitrogens is 3. The predicted octanol–water partition coefficient (Wildman–Crippen LogP) is 1.53. The molecule has 1 fully saturated rings. The Morgan fingerprint density at radius 2 is 2.21 bits per heavy atom. The second-order valence-corrected chi connectivity index (χ2v) is 4.86.